The standard InChI is InChI=1S/C31H34ClN3O4S/c1-20-10-8-9-13-26(20)40(38,39)35-27(31(2,3)4)19-24(28(35)22-14-16-23(32)17-15-22)30(37)34-25(29(33)36)18-21-11-6-5-7-12-21/h5-17,19,25,27-28H,18H2,1-4H3,(H2,33,36)(H,34,37)/t25-,27?,28?/m0/s1. The highest BCUT2D eigenvalue weighted by atomic mass is 35.5. The van der Waals surface area contributed by atoms with Crippen LogP contribution in [-0.4, -0.2) is 36.6 Å². The van der Waals surface area contributed by atoms with E-state index in [0.717, 1.165) is 5.56 Å². The lowest BCUT2D eigenvalue weighted by atomic mass is 9.87. The lowest BCUT2D eigenvalue weighted by Gasteiger charge is -2.37. The van der Waals surface area contributed by atoms with Gasteiger partial charge in [-0.3, -0.25) is 9.59 Å². The number of carbonyl (C=O) groups excluding carboxylic acids is 2. The second-order valence-corrected chi connectivity index (χ2v) is 13.4. The van der Waals surface area contributed by atoms with Crippen LogP contribution in [0.4, 0.5) is 0 Å². The quantitative estimate of drug-likeness (QED) is 0.393. The Kier molecular flexibility index (Phi) is 8.54. The smallest absolute Gasteiger partial charge is 0.249 e. The van der Waals surface area contributed by atoms with Crippen LogP contribution in [0.2, 0.25) is 5.02 Å². The van der Waals surface area contributed by atoms with Gasteiger partial charge < -0.3 is 11.1 Å². The number of carbonyl (C=O) groups is 2. The fourth-order valence-electron chi connectivity index (χ4n) is 5.00. The third kappa shape index (κ3) is 6.14. The number of hydrogen-bond donors (Lipinski definition) is 2. The van der Waals surface area contributed by atoms with E-state index in [4.69, 9.17) is 17.3 Å². The first-order chi connectivity index (χ1) is 18.8. The first-order valence-corrected chi connectivity index (χ1v) is 14.8. The number of rotatable bonds is 8. The number of amides is 2. The first kappa shape index (κ1) is 29.5. The van der Waals surface area contributed by atoms with Crippen molar-refractivity contribution in [1.82, 2.24) is 9.62 Å². The minimum Gasteiger partial charge on any atom is -0.368 e. The summed E-state index contributed by atoms with van der Waals surface area (Å²) in [6, 6.07) is 20.2. The summed E-state index contributed by atoms with van der Waals surface area (Å²) in [7, 11) is -4.09. The lowest BCUT2D eigenvalue weighted by molar-refractivity contribution is -0.125. The summed E-state index contributed by atoms with van der Waals surface area (Å²) >= 11 is 6.17. The Labute approximate surface area is 241 Å². The Hall–Kier alpha value is -3.46. The molecule has 210 valence electrons. The zero-order valence-electron chi connectivity index (χ0n) is 23.0. The van der Waals surface area contributed by atoms with E-state index in [0.29, 0.717) is 16.1 Å². The first-order valence-electron chi connectivity index (χ1n) is 13.0. The predicted molar refractivity (Wildman–Crippen MR) is 157 cm³/mol. The summed E-state index contributed by atoms with van der Waals surface area (Å²) in [6.07, 6.45) is 1.90. The normalized spacial score (nSPS) is 18.7. The minimum absolute atomic E-state index is 0.164. The Morgan fingerprint density at radius 1 is 0.975 bits per heavy atom. The Morgan fingerprint density at radius 3 is 2.15 bits per heavy atom. The van der Waals surface area contributed by atoms with E-state index in [1.54, 1.807) is 61.5 Å². The molecule has 1 aliphatic rings. The molecule has 0 saturated heterocycles. The van der Waals surface area contributed by atoms with Gasteiger partial charge in [-0.2, -0.15) is 4.31 Å². The molecule has 40 heavy (non-hydrogen) atoms. The van der Waals surface area contributed by atoms with Crippen LogP contribution >= 0.6 is 11.6 Å². The number of halogens is 1. The van der Waals surface area contributed by atoms with Crippen molar-refractivity contribution in [2.24, 2.45) is 11.1 Å². The molecular formula is C31H34ClN3O4S. The van der Waals surface area contributed by atoms with Crippen molar-refractivity contribution >= 4 is 33.4 Å². The van der Waals surface area contributed by atoms with Gasteiger partial charge in [0.1, 0.15) is 6.04 Å². The highest BCUT2D eigenvalue weighted by molar-refractivity contribution is 7.89. The maximum absolute atomic E-state index is 14.4. The largest absolute Gasteiger partial charge is 0.368 e. The van der Waals surface area contributed by atoms with E-state index < -0.39 is 45.4 Å². The van der Waals surface area contributed by atoms with Gasteiger partial charge in [0, 0.05) is 23.1 Å². The minimum atomic E-state index is -4.09. The molecule has 0 saturated carbocycles. The molecule has 3 atom stereocenters. The van der Waals surface area contributed by atoms with E-state index in [1.165, 1.54) is 4.31 Å². The second kappa shape index (κ2) is 11.6. The monoisotopic (exact) mass is 579 g/mol. The summed E-state index contributed by atoms with van der Waals surface area (Å²) < 4.78 is 30.1. The predicted octanol–water partition coefficient (Wildman–Crippen LogP) is 4.95. The van der Waals surface area contributed by atoms with Crippen molar-refractivity contribution in [2.45, 2.75) is 57.1 Å². The average Bonchev–Trinajstić information content (AvgIpc) is 3.32. The maximum Gasteiger partial charge on any atom is 0.249 e. The van der Waals surface area contributed by atoms with Crippen LogP contribution in [0.5, 0.6) is 0 Å². The fourth-order valence-corrected chi connectivity index (χ4v) is 7.26. The zero-order valence-corrected chi connectivity index (χ0v) is 24.5. The van der Waals surface area contributed by atoms with Gasteiger partial charge >= 0.3 is 0 Å². The summed E-state index contributed by atoms with van der Waals surface area (Å²) in [5, 5.41) is 3.26. The third-order valence-electron chi connectivity index (χ3n) is 7.08. The van der Waals surface area contributed by atoms with Gasteiger partial charge in [0.05, 0.1) is 10.9 Å². The van der Waals surface area contributed by atoms with Gasteiger partial charge in [-0.1, -0.05) is 99.1 Å². The molecule has 1 heterocycles. The molecule has 0 bridgehead atoms. The van der Waals surface area contributed by atoms with Crippen LogP contribution in [0.3, 0.4) is 0 Å². The molecule has 0 fully saturated rings. The molecule has 3 aromatic rings. The van der Waals surface area contributed by atoms with E-state index in [-0.39, 0.29) is 16.9 Å². The molecule has 3 aromatic carbocycles. The van der Waals surface area contributed by atoms with E-state index in [9.17, 15) is 18.0 Å². The van der Waals surface area contributed by atoms with Crippen molar-refractivity contribution in [2.75, 3.05) is 0 Å². The maximum atomic E-state index is 14.4. The van der Waals surface area contributed by atoms with E-state index >= 15 is 0 Å². The van der Waals surface area contributed by atoms with Gasteiger partial charge in [0.15, 0.2) is 0 Å². The molecule has 7 nitrogen and oxygen atoms in total. The molecule has 0 aliphatic carbocycles. The van der Waals surface area contributed by atoms with Crippen molar-refractivity contribution in [3.8, 4) is 0 Å². The van der Waals surface area contributed by atoms with Crippen molar-refractivity contribution in [1.29, 1.82) is 0 Å². The summed E-state index contributed by atoms with van der Waals surface area (Å²) in [4.78, 5) is 26.5. The Morgan fingerprint density at radius 2 is 1.57 bits per heavy atom. The number of primary amides is 1. The topological polar surface area (TPSA) is 110 Å². The van der Waals surface area contributed by atoms with Crippen molar-refractivity contribution in [3.05, 3.63) is 112 Å². The fraction of sp³-hybridized carbons (Fsp3) is 0.290. The molecule has 3 N–H and O–H groups in total. The van der Waals surface area contributed by atoms with Gasteiger partial charge in [0.2, 0.25) is 21.8 Å². The van der Waals surface area contributed by atoms with Crippen LogP contribution in [0.1, 0.15) is 43.5 Å². The molecule has 0 aromatic heterocycles. The molecule has 9 heteroatoms. The van der Waals surface area contributed by atoms with Gasteiger partial charge in [0.25, 0.3) is 0 Å². The lowest BCUT2D eigenvalue weighted by Crippen LogP contribution is -2.48. The van der Waals surface area contributed by atoms with Crippen LogP contribution in [0, 0.1) is 12.3 Å². The molecular weight excluding hydrogens is 546 g/mol. The number of nitrogens with one attached hydrogen (secondary N) is 1. The van der Waals surface area contributed by atoms with E-state index in [2.05, 4.69) is 5.32 Å². The number of hydrogen-bond acceptors (Lipinski definition) is 4. The van der Waals surface area contributed by atoms with Crippen LogP contribution in [0.15, 0.2) is 95.4 Å². The Balaban J connectivity index is 1.82. The third-order valence-corrected chi connectivity index (χ3v) is 9.34. The highest BCUT2D eigenvalue weighted by Gasteiger charge is 2.50. The highest BCUT2D eigenvalue weighted by Crippen LogP contribution is 2.46. The van der Waals surface area contributed by atoms with Crippen LogP contribution < -0.4 is 11.1 Å². The van der Waals surface area contributed by atoms with Crippen molar-refractivity contribution in [3.63, 3.8) is 0 Å². The number of aryl methyl sites for hydroxylation is 1. The molecule has 0 spiro atoms. The van der Waals surface area contributed by atoms with Gasteiger partial charge in [-0.25, -0.2) is 8.42 Å². The summed E-state index contributed by atoms with van der Waals surface area (Å²) in [5.74, 6) is -1.24. The van der Waals surface area contributed by atoms with Crippen molar-refractivity contribution < 1.29 is 18.0 Å². The number of benzene rings is 3. The molecule has 2 amide bonds. The average molecular weight is 580 g/mol. The number of nitrogens with two attached hydrogens (primary N) is 1. The second-order valence-electron chi connectivity index (χ2n) is 11.1. The van der Waals surface area contributed by atoms with Crippen LogP contribution in [-0.2, 0) is 26.0 Å². The zero-order chi connectivity index (χ0) is 29.2. The van der Waals surface area contributed by atoms with Crippen LogP contribution in [0.25, 0.3) is 0 Å². The molecule has 1 aliphatic heterocycles. The molecule has 2 unspecified atom stereocenters. The molecule has 0 radical (unpaired) electrons. The van der Waals surface area contributed by atoms with Gasteiger partial charge in [-0.15, -0.1) is 0 Å². The SMILES string of the molecule is Cc1ccccc1S(=O)(=O)N1C(c2ccc(Cl)cc2)C(C(=O)N[C@@H](Cc2ccccc2)C(N)=O)=CC1C(C)(C)C. The van der Waals surface area contributed by atoms with Gasteiger partial charge in [-0.05, 0) is 47.2 Å². The Bertz CT molecular complexity index is 1530. The summed E-state index contributed by atoms with van der Waals surface area (Å²) in [6.45, 7) is 7.52. The van der Waals surface area contributed by atoms with E-state index in [1.807, 2.05) is 51.1 Å². The number of nitrogens with zero attached hydrogens (tertiary/aromatic N) is 1. The molecule has 4 rings (SSSR count). The number of sulfonamides is 1. The summed E-state index contributed by atoms with van der Waals surface area (Å²) in [5.41, 5.74) is 7.34.